The Balaban J connectivity index is 2.69. The normalized spacial score (nSPS) is 15.8. The Morgan fingerprint density at radius 1 is 1.31 bits per heavy atom. The Hall–Kier alpha value is -0.340. The fourth-order valence-electron chi connectivity index (χ4n) is 1.11. The molecule has 2 N–H and O–H groups in total. The molecule has 1 aromatic carbocycles. The van der Waals surface area contributed by atoms with Crippen molar-refractivity contribution in [1.82, 2.24) is 0 Å². The van der Waals surface area contributed by atoms with E-state index in [0.717, 1.165) is 6.42 Å². The van der Waals surface area contributed by atoms with E-state index in [1.54, 1.807) is 0 Å². The lowest BCUT2D eigenvalue weighted by Gasteiger charge is -2.26. The van der Waals surface area contributed by atoms with Crippen molar-refractivity contribution in [2.75, 3.05) is 0 Å². The highest BCUT2D eigenvalue weighted by molar-refractivity contribution is 9.10. The molecule has 13 heavy (non-hydrogen) atoms. The van der Waals surface area contributed by atoms with Gasteiger partial charge in [-0.15, -0.1) is 0 Å². The van der Waals surface area contributed by atoms with Gasteiger partial charge in [-0.05, 0) is 11.5 Å². The first kappa shape index (κ1) is 10.7. The van der Waals surface area contributed by atoms with Gasteiger partial charge in [-0.25, -0.2) is 0 Å². The lowest BCUT2D eigenvalue weighted by atomic mass is 9.97. The van der Waals surface area contributed by atoms with Crippen LogP contribution in [0.15, 0.2) is 30.3 Å². The van der Waals surface area contributed by atoms with Gasteiger partial charge in [0.15, 0.2) is 0 Å². The molecule has 1 atom stereocenters. The Morgan fingerprint density at radius 3 is 2.31 bits per heavy atom. The molecule has 0 saturated heterocycles. The van der Waals surface area contributed by atoms with Crippen LogP contribution >= 0.6 is 15.9 Å². The van der Waals surface area contributed by atoms with E-state index in [2.05, 4.69) is 41.9 Å². The summed E-state index contributed by atoms with van der Waals surface area (Å²) < 4.78 is -0.283. The molecule has 0 aliphatic heterocycles. The van der Waals surface area contributed by atoms with E-state index in [9.17, 15) is 0 Å². The summed E-state index contributed by atoms with van der Waals surface area (Å²) >= 11 is 3.56. The van der Waals surface area contributed by atoms with Crippen LogP contribution in [0.1, 0.15) is 19.4 Å². The summed E-state index contributed by atoms with van der Waals surface area (Å²) in [5.41, 5.74) is 7.38. The van der Waals surface area contributed by atoms with E-state index in [4.69, 9.17) is 5.73 Å². The summed E-state index contributed by atoms with van der Waals surface area (Å²) in [4.78, 5) is 0. The Morgan fingerprint density at radius 2 is 1.85 bits per heavy atom. The molecule has 0 aliphatic rings. The SMILES string of the molecule is CC(C)C(N)(Br)Cc1ccccc1. The third-order valence-electron chi connectivity index (χ3n) is 2.28. The van der Waals surface area contributed by atoms with Crippen molar-refractivity contribution in [2.24, 2.45) is 11.7 Å². The van der Waals surface area contributed by atoms with Gasteiger partial charge in [-0.1, -0.05) is 60.1 Å². The van der Waals surface area contributed by atoms with Crippen LogP contribution in [0.5, 0.6) is 0 Å². The molecule has 72 valence electrons. The molecule has 0 heterocycles. The quantitative estimate of drug-likeness (QED) is 0.640. The summed E-state index contributed by atoms with van der Waals surface area (Å²) in [6.45, 7) is 4.25. The van der Waals surface area contributed by atoms with Crippen LogP contribution in [-0.2, 0) is 6.42 Å². The van der Waals surface area contributed by atoms with Crippen molar-refractivity contribution in [3.8, 4) is 0 Å². The number of nitrogens with two attached hydrogens (primary N) is 1. The maximum Gasteiger partial charge on any atom is 0.0781 e. The first-order valence-electron chi connectivity index (χ1n) is 4.54. The minimum atomic E-state index is -0.283. The van der Waals surface area contributed by atoms with Gasteiger partial charge >= 0.3 is 0 Å². The van der Waals surface area contributed by atoms with E-state index in [1.165, 1.54) is 5.56 Å². The Kier molecular flexibility index (Phi) is 3.51. The second-order valence-corrected chi connectivity index (χ2v) is 5.22. The smallest absolute Gasteiger partial charge is 0.0781 e. The molecule has 0 aromatic heterocycles. The van der Waals surface area contributed by atoms with Crippen molar-refractivity contribution in [3.63, 3.8) is 0 Å². The molecule has 0 radical (unpaired) electrons. The average Bonchev–Trinajstić information content (AvgIpc) is 2.05. The first-order valence-corrected chi connectivity index (χ1v) is 5.33. The molecule has 0 saturated carbocycles. The van der Waals surface area contributed by atoms with Crippen LogP contribution in [0, 0.1) is 5.92 Å². The highest BCUT2D eigenvalue weighted by Crippen LogP contribution is 2.25. The van der Waals surface area contributed by atoms with E-state index in [-0.39, 0.29) is 4.45 Å². The monoisotopic (exact) mass is 241 g/mol. The number of halogens is 1. The van der Waals surface area contributed by atoms with Gasteiger partial charge in [0.05, 0.1) is 4.45 Å². The predicted molar refractivity (Wildman–Crippen MR) is 60.8 cm³/mol. The fraction of sp³-hybridized carbons (Fsp3) is 0.455. The van der Waals surface area contributed by atoms with Gasteiger partial charge in [0.2, 0.25) is 0 Å². The summed E-state index contributed by atoms with van der Waals surface area (Å²) in [6, 6.07) is 10.3. The zero-order valence-corrected chi connectivity index (χ0v) is 9.71. The van der Waals surface area contributed by atoms with Crippen molar-refractivity contribution < 1.29 is 0 Å². The highest BCUT2D eigenvalue weighted by atomic mass is 79.9. The molecule has 0 fully saturated rings. The maximum atomic E-state index is 6.11. The summed E-state index contributed by atoms with van der Waals surface area (Å²) in [6.07, 6.45) is 0.867. The Labute approximate surface area is 88.5 Å². The third kappa shape index (κ3) is 3.12. The van der Waals surface area contributed by atoms with Gasteiger partial charge in [-0.3, -0.25) is 0 Å². The van der Waals surface area contributed by atoms with Crippen LogP contribution in [0.4, 0.5) is 0 Å². The topological polar surface area (TPSA) is 26.0 Å². The molecule has 1 aromatic rings. The van der Waals surface area contributed by atoms with Gasteiger partial charge in [0.25, 0.3) is 0 Å². The summed E-state index contributed by atoms with van der Waals surface area (Å²) in [7, 11) is 0. The third-order valence-corrected chi connectivity index (χ3v) is 3.47. The number of benzene rings is 1. The maximum absolute atomic E-state index is 6.11. The van der Waals surface area contributed by atoms with E-state index >= 15 is 0 Å². The zero-order chi connectivity index (χ0) is 9.90. The van der Waals surface area contributed by atoms with Crippen LogP contribution < -0.4 is 5.73 Å². The molecular weight excluding hydrogens is 226 g/mol. The van der Waals surface area contributed by atoms with Crippen molar-refractivity contribution in [3.05, 3.63) is 35.9 Å². The minimum absolute atomic E-state index is 0.283. The van der Waals surface area contributed by atoms with Gasteiger partial charge < -0.3 is 5.73 Å². The predicted octanol–water partition coefficient (Wildman–Crippen LogP) is 2.94. The zero-order valence-electron chi connectivity index (χ0n) is 8.13. The lowest BCUT2D eigenvalue weighted by Crippen LogP contribution is -2.40. The number of rotatable bonds is 3. The molecule has 0 amide bonds. The first-order chi connectivity index (χ1) is 6.02. The molecule has 2 heteroatoms. The number of hydrogen-bond acceptors (Lipinski definition) is 1. The van der Waals surface area contributed by atoms with Crippen LogP contribution in [0.3, 0.4) is 0 Å². The number of alkyl halides is 1. The molecule has 1 unspecified atom stereocenters. The standard InChI is InChI=1S/C11H16BrN/c1-9(2)11(12,13)8-10-6-4-3-5-7-10/h3-7,9H,8,13H2,1-2H3. The van der Waals surface area contributed by atoms with Gasteiger partial charge in [0.1, 0.15) is 0 Å². The van der Waals surface area contributed by atoms with E-state index in [1.807, 2.05) is 18.2 Å². The highest BCUT2D eigenvalue weighted by Gasteiger charge is 2.25. The lowest BCUT2D eigenvalue weighted by molar-refractivity contribution is 0.455. The van der Waals surface area contributed by atoms with Crippen LogP contribution in [0.2, 0.25) is 0 Å². The minimum Gasteiger partial charge on any atom is -0.316 e. The summed E-state index contributed by atoms with van der Waals surface area (Å²) in [5, 5.41) is 0. The Bertz CT molecular complexity index is 254. The molecule has 1 rings (SSSR count). The number of hydrogen-bond donors (Lipinski definition) is 1. The molecular formula is C11H16BrN. The largest absolute Gasteiger partial charge is 0.316 e. The van der Waals surface area contributed by atoms with E-state index < -0.39 is 0 Å². The van der Waals surface area contributed by atoms with Crippen molar-refractivity contribution >= 4 is 15.9 Å². The van der Waals surface area contributed by atoms with Crippen molar-refractivity contribution in [1.29, 1.82) is 0 Å². The molecule has 0 bridgehead atoms. The van der Waals surface area contributed by atoms with E-state index in [0.29, 0.717) is 5.92 Å². The molecule has 0 aliphatic carbocycles. The van der Waals surface area contributed by atoms with Crippen molar-refractivity contribution in [2.45, 2.75) is 24.7 Å². The fourth-order valence-corrected chi connectivity index (χ4v) is 1.44. The average molecular weight is 242 g/mol. The van der Waals surface area contributed by atoms with Crippen LogP contribution in [-0.4, -0.2) is 4.45 Å². The molecule has 0 spiro atoms. The second-order valence-electron chi connectivity index (χ2n) is 3.74. The van der Waals surface area contributed by atoms with Gasteiger partial charge in [0, 0.05) is 6.42 Å². The second kappa shape index (κ2) is 4.25. The summed E-state index contributed by atoms with van der Waals surface area (Å²) in [5.74, 6) is 0.424. The molecule has 1 nitrogen and oxygen atoms in total. The van der Waals surface area contributed by atoms with Crippen LogP contribution in [0.25, 0.3) is 0 Å². The van der Waals surface area contributed by atoms with Gasteiger partial charge in [-0.2, -0.15) is 0 Å².